The Kier molecular flexibility index (Phi) is 3.68. The lowest BCUT2D eigenvalue weighted by molar-refractivity contribution is 0.951. The molecule has 1 unspecified atom stereocenters. The zero-order valence-electron chi connectivity index (χ0n) is 5.83. The van der Waals surface area contributed by atoms with Crippen LogP contribution in [-0.4, -0.2) is 0 Å². The van der Waals surface area contributed by atoms with Gasteiger partial charge in [-0.2, -0.15) is 10.5 Å². The van der Waals surface area contributed by atoms with E-state index in [1.54, 1.807) is 13.0 Å². The summed E-state index contributed by atoms with van der Waals surface area (Å²) < 4.78 is 0. The molecule has 1 atom stereocenters. The van der Waals surface area contributed by atoms with Crippen LogP contribution in [0.2, 0.25) is 0 Å². The summed E-state index contributed by atoms with van der Waals surface area (Å²) in [5, 5.41) is 16.7. The van der Waals surface area contributed by atoms with E-state index >= 15 is 0 Å². The topological polar surface area (TPSA) is 47.6 Å². The Balaban J connectivity index is 4.31. The standard InChI is InChI=1S/C8H8N2/c1-3-8(6-10)4-7(2)5-9/h3-4,7H,1H2,2H3/b8-4+. The highest BCUT2D eigenvalue weighted by atomic mass is 14.3. The minimum Gasteiger partial charge on any atom is -0.198 e. The van der Waals surface area contributed by atoms with Crippen molar-refractivity contribution in [1.82, 2.24) is 0 Å². The molecule has 0 saturated carbocycles. The predicted octanol–water partition coefficient (Wildman–Crippen LogP) is 1.78. The van der Waals surface area contributed by atoms with Gasteiger partial charge in [-0.15, -0.1) is 0 Å². The summed E-state index contributed by atoms with van der Waals surface area (Å²) in [6, 6.07) is 3.90. The number of nitrogens with zero attached hydrogens (tertiary/aromatic N) is 2. The molecule has 0 heterocycles. The van der Waals surface area contributed by atoms with Gasteiger partial charge in [-0.3, -0.25) is 0 Å². The van der Waals surface area contributed by atoms with Gasteiger partial charge in [-0.05, 0) is 13.0 Å². The van der Waals surface area contributed by atoms with E-state index in [1.165, 1.54) is 6.08 Å². The van der Waals surface area contributed by atoms with E-state index in [0.29, 0.717) is 5.57 Å². The predicted molar refractivity (Wildman–Crippen MR) is 38.7 cm³/mol. The van der Waals surface area contributed by atoms with Crippen LogP contribution in [0.1, 0.15) is 6.92 Å². The lowest BCUT2D eigenvalue weighted by atomic mass is 10.1. The van der Waals surface area contributed by atoms with E-state index in [4.69, 9.17) is 10.5 Å². The van der Waals surface area contributed by atoms with Crippen molar-refractivity contribution in [2.75, 3.05) is 0 Å². The monoisotopic (exact) mass is 132 g/mol. The van der Waals surface area contributed by atoms with Crippen molar-refractivity contribution >= 4 is 0 Å². The largest absolute Gasteiger partial charge is 0.198 e. The van der Waals surface area contributed by atoms with Gasteiger partial charge >= 0.3 is 0 Å². The van der Waals surface area contributed by atoms with Crippen LogP contribution in [0.3, 0.4) is 0 Å². The number of rotatable bonds is 2. The summed E-state index contributed by atoms with van der Waals surface area (Å²) in [5.74, 6) is -0.215. The maximum absolute atomic E-state index is 8.37. The van der Waals surface area contributed by atoms with Gasteiger partial charge in [0.15, 0.2) is 0 Å². The van der Waals surface area contributed by atoms with Gasteiger partial charge in [0.2, 0.25) is 0 Å². The van der Waals surface area contributed by atoms with E-state index in [9.17, 15) is 0 Å². The molecule has 10 heavy (non-hydrogen) atoms. The van der Waals surface area contributed by atoms with E-state index in [1.807, 2.05) is 12.1 Å². The molecule has 0 saturated heterocycles. The van der Waals surface area contributed by atoms with Gasteiger partial charge in [-0.1, -0.05) is 12.7 Å². The second kappa shape index (κ2) is 4.35. The Bertz CT molecular complexity index is 225. The molecule has 0 radical (unpaired) electrons. The van der Waals surface area contributed by atoms with Crippen molar-refractivity contribution < 1.29 is 0 Å². The van der Waals surface area contributed by atoms with Crippen LogP contribution in [0.25, 0.3) is 0 Å². The molecule has 0 bridgehead atoms. The van der Waals surface area contributed by atoms with Crippen LogP contribution in [0.5, 0.6) is 0 Å². The van der Waals surface area contributed by atoms with Crippen LogP contribution in [0.4, 0.5) is 0 Å². The van der Waals surface area contributed by atoms with Crippen molar-refractivity contribution in [3.8, 4) is 12.1 Å². The van der Waals surface area contributed by atoms with Crippen molar-refractivity contribution in [3.05, 3.63) is 24.3 Å². The van der Waals surface area contributed by atoms with Crippen LogP contribution < -0.4 is 0 Å². The fourth-order valence-corrected chi connectivity index (χ4v) is 0.458. The van der Waals surface area contributed by atoms with Crippen LogP contribution >= 0.6 is 0 Å². The molecule has 0 rings (SSSR count). The first-order valence-corrected chi connectivity index (χ1v) is 2.88. The molecule has 0 aliphatic rings. The fourth-order valence-electron chi connectivity index (χ4n) is 0.458. The molecule has 0 aromatic rings. The quantitative estimate of drug-likeness (QED) is 0.424. The van der Waals surface area contributed by atoms with Gasteiger partial charge in [0.1, 0.15) is 0 Å². The average Bonchev–Trinajstić information content (AvgIpc) is 1.99. The van der Waals surface area contributed by atoms with Crippen molar-refractivity contribution in [3.63, 3.8) is 0 Å². The van der Waals surface area contributed by atoms with Crippen LogP contribution in [0.15, 0.2) is 24.3 Å². The van der Waals surface area contributed by atoms with E-state index in [-0.39, 0.29) is 5.92 Å². The summed E-state index contributed by atoms with van der Waals surface area (Å²) in [4.78, 5) is 0. The van der Waals surface area contributed by atoms with Crippen LogP contribution in [-0.2, 0) is 0 Å². The molecule has 2 nitrogen and oxygen atoms in total. The molecule has 0 N–H and O–H groups in total. The second-order valence-electron chi connectivity index (χ2n) is 1.86. The Morgan fingerprint density at radius 2 is 2.20 bits per heavy atom. The molecular weight excluding hydrogens is 124 g/mol. The lowest BCUT2D eigenvalue weighted by Crippen LogP contribution is -1.83. The zero-order valence-corrected chi connectivity index (χ0v) is 5.83. The molecule has 0 aliphatic heterocycles. The fraction of sp³-hybridized carbons (Fsp3) is 0.250. The number of nitriles is 2. The first-order valence-electron chi connectivity index (χ1n) is 2.88. The van der Waals surface area contributed by atoms with E-state index < -0.39 is 0 Å². The molecule has 0 aliphatic carbocycles. The first-order chi connectivity index (χ1) is 4.74. The first kappa shape index (κ1) is 8.46. The third-order valence-electron chi connectivity index (χ3n) is 0.982. The lowest BCUT2D eigenvalue weighted by Gasteiger charge is -1.89. The molecular formula is C8H8N2. The second-order valence-corrected chi connectivity index (χ2v) is 1.86. The summed E-state index contributed by atoms with van der Waals surface area (Å²) in [6.45, 7) is 5.14. The summed E-state index contributed by atoms with van der Waals surface area (Å²) in [6.07, 6.45) is 3.01. The molecule has 2 heteroatoms. The summed E-state index contributed by atoms with van der Waals surface area (Å²) in [5.41, 5.74) is 0.453. The Morgan fingerprint density at radius 3 is 2.50 bits per heavy atom. The smallest absolute Gasteiger partial charge is 0.0988 e. The molecule has 0 aromatic heterocycles. The number of allylic oxidation sites excluding steroid dienone is 3. The minimum absolute atomic E-state index is 0.215. The number of hydrogen-bond donors (Lipinski definition) is 0. The Hall–Kier alpha value is -1.54. The van der Waals surface area contributed by atoms with Crippen molar-refractivity contribution in [2.45, 2.75) is 6.92 Å². The third-order valence-corrected chi connectivity index (χ3v) is 0.982. The Morgan fingerprint density at radius 1 is 1.60 bits per heavy atom. The molecule has 0 fully saturated rings. The normalized spacial score (nSPS) is 12.9. The van der Waals surface area contributed by atoms with Crippen LogP contribution in [0, 0.1) is 28.6 Å². The summed E-state index contributed by atoms with van der Waals surface area (Å²) >= 11 is 0. The van der Waals surface area contributed by atoms with E-state index in [2.05, 4.69) is 6.58 Å². The van der Waals surface area contributed by atoms with Crippen molar-refractivity contribution in [2.24, 2.45) is 5.92 Å². The number of hydrogen-bond acceptors (Lipinski definition) is 2. The van der Waals surface area contributed by atoms with Gasteiger partial charge in [0.25, 0.3) is 0 Å². The van der Waals surface area contributed by atoms with E-state index in [0.717, 1.165) is 0 Å². The SMILES string of the molecule is C=C/C(C#N)=C\C(C)C#N. The summed E-state index contributed by atoms with van der Waals surface area (Å²) in [7, 11) is 0. The molecule has 0 amide bonds. The Labute approximate surface area is 60.7 Å². The minimum atomic E-state index is -0.215. The van der Waals surface area contributed by atoms with Gasteiger partial charge in [0.05, 0.1) is 18.1 Å². The van der Waals surface area contributed by atoms with Gasteiger partial charge in [-0.25, -0.2) is 0 Å². The third kappa shape index (κ3) is 2.69. The maximum atomic E-state index is 8.37. The molecule has 50 valence electrons. The van der Waals surface area contributed by atoms with Gasteiger partial charge in [0, 0.05) is 5.57 Å². The van der Waals surface area contributed by atoms with Gasteiger partial charge < -0.3 is 0 Å². The zero-order chi connectivity index (χ0) is 7.98. The highest BCUT2D eigenvalue weighted by molar-refractivity contribution is 5.32. The average molecular weight is 132 g/mol. The highest BCUT2D eigenvalue weighted by Crippen LogP contribution is 2.01. The van der Waals surface area contributed by atoms with Crippen molar-refractivity contribution in [1.29, 1.82) is 10.5 Å². The maximum Gasteiger partial charge on any atom is 0.0988 e. The molecule has 0 spiro atoms. The highest BCUT2D eigenvalue weighted by Gasteiger charge is 1.94. The molecule has 0 aromatic carbocycles.